The van der Waals surface area contributed by atoms with Gasteiger partial charge in [0.25, 0.3) is 0 Å². The molecule has 2 aromatic heterocycles. The van der Waals surface area contributed by atoms with E-state index in [4.69, 9.17) is 4.52 Å². The standard InChI is InChI=1S/C29H30F2N6O3/c1-16(2)29-34-27(35-40-29)17-7-9-36(10-8-17)28-22-13-19(30)12-21(26(22)32-15-33-28)18-3-5-24(23(31)11-18)37-20(14-38)4-6-25(37)39/h3,5,11-13,15-17,20,38H,4,6-10,14H2,1-2H3/t20-/m0/s1. The van der Waals surface area contributed by atoms with Gasteiger partial charge in [-0.1, -0.05) is 25.1 Å². The third-order valence-corrected chi connectivity index (χ3v) is 7.85. The lowest BCUT2D eigenvalue weighted by molar-refractivity contribution is -0.117. The van der Waals surface area contributed by atoms with Crippen molar-refractivity contribution in [2.24, 2.45) is 0 Å². The highest BCUT2D eigenvalue weighted by molar-refractivity contribution is 6.00. The van der Waals surface area contributed by atoms with Crippen molar-refractivity contribution >= 4 is 28.3 Å². The molecule has 0 aliphatic carbocycles. The first-order valence-electron chi connectivity index (χ1n) is 13.6. The molecule has 4 aromatic rings. The number of benzene rings is 2. The van der Waals surface area contributed by atoms with E-state index in [2.05, 4.69) is 25.0 Å². The molecule has 1 amide bonds. The van der Waals surface area contributed by atoms with E-state index in [1.165, 1.54) is 35.5 Å². The lowest BCUT2D eigenvalue weighted by Gasteiger charge is -2.32. The normalized spacial score (nSPS) is 18.4. The van der Waals surface area contributed by atoms with Crippen LogP contribution in [0.1, 0.15) is 63.1 Å². The summed E-state index contributed by atoms with van der Waals surface area (Å²) in [5.41, 5.74) is 1.47. The summed E-state index contributed by atoms with van der Waals surface area (Å²) in [7, 11) is 0. The monoisotopic (exact) mass is 548 g/mol. The van der Waals surface area contributed by atoms with Crippen molar-refractivity contribution in [2.45, 2.75) is 57.4 Å². The Balaban J connectivity index is 1.29. The van der Waals surface area contributed by atoms with Crippen LogP contribution in [-0.4, -0.2) is 56.9 Å². The Kier molecular flexibility index (Phi) is 6.91. The van der Waals surface area contributed by atoms with E-state index in [1.807, 2.05) is 13.8 Å². The van der Waals surface area contributed by atoms with Gasteiger partial charge in [-0.2, -0.15) is 4.98 Å². The summed E-state index contributed by atoms with van der Waals surface area (Å²) in [4.78, 5) is 29.3. The van der Waals surface area contributed by atoms with E-state index in [9.17, 15) is 14.3 Å². The molecule has 4 heterocycles. The van der Waals surface area contributed by atoms with Crippen LogP contribution < -0.4 is 9.80 Å². The number of hydrogen-bond donors (Lipinski definition) is 1. The van der Waals surface area contributed by atoms with Crippen LogP contribution in [0.25, 0.3) is 22.0 Å². The van der Waals surface area contributed by atoms with Crippen LogP contribution in [-0.2, 0) is 4.79 Å². The molecule has 0 spiro atoms. The van der Waals surface area contributed by atoms with Gasteiger partial charge in [0.2, 0.25) is 11.8 Å². The van der Waals surface area contributed by atoms with Gasteiger partial charge in [0.1, 0.15) is 23.8 Å². The predicted octanol–water partition coefficient (Wildman–Crippen LogP) is 4.95. The number of aliphatic hydroxyl groups excluding tert-OH is 1. The van der Waals surface area contributed by atoms with Crippen LogP contribution in [0.3, 0.4) is 0 Å². The molecule has 2 aliphatic heterocycles. The second-order valence-electron chi connectivity index (χ2n) is 10.8. The van der Waals surface area contributed by atoms with Crippen molar-refractivity contribution in [1.29, 1.82) is 0 Å². The molecule has 0 saturated carbocycles. The molecule has 0 bridgehead atoms. The fourth-order valence-electron chi connectivity index (χ4n) is 5.71. The Hall–Kier alpha value is -3.99. The Bertz CT molecular complexity index is 1570. The largest absolute Gasteiger partial charge is 0.394 e. The number of carbonyl (C=O) groups is 1. The summed E-state index contributed by atoms with van der Waals surface area (Å²) in [6.07, 6.45) is 3.75. The van der Waals surface area contributed by atoms with Gasteiger partial charge in [0.05, 0.1) is 23.9 Å². The molecular formula is C29H30F2N6O3. The Morgan fingerprint density at radius 1 is 1.10 bits per heavy atom. The number of amides is 1. The first-order chi connectivity index (χ1) is 19.3. The maximum absolute atomic E-state index is 15.3. The summed E-state index contributed by atoms with van der Waals surface area (Å²) in [6.45, 7) is 5.13. The van der Waals surface area contributed by atoms with E-state index in [0.717, 1.165) is 18.7 Å². The quantitative estimate of drug-likeness (QED) is 0.361. The first-order valence-corrected chi connectivity index (χ1v) is 13.6. The zero-order valence-electron chi connectivity index (χ0n) is 22.3. The maximum atomic E-state index is 15.3. The van der Waals surface area contributed by atoms with E-state index in [-0.39, 0.29) is 36.5 Å². The van der Waals surface area contributed by atoms with Crippen LogP contribution in [0.4, 0.5) is 20.3 Å². The highest BCUT2D eigenvalue weighted by atomic mass is 19.1. The van der Waals surface area contributed by atoms with Gasteiger partial charge in [-0.3, -0.25) is 4.79 Å². The Morgan fingerprint density at radius 3 is 2.60 bits per heavy atom. The molecule has 2 aliphatic rings. The lowest BCUT2D eigenvalue weighted by Crippen LogP contribution is -2.35. The van der Waals surface area contributed by atoms with Crippen molar-refractivity contribution in [3.63, 3.8) is 0 Å². The van der Waals surface area contributed by atoms with Gasteiger partial charge in [-0.05, 0) is 49.1 Å². The zero-order chi connectivity index (χ0) is 28.0. The fourth-order valence-corrected chi connectivity index (χ4v) is 5.71. The van der Waals surface area contributed by atoms with Gasteiger partial charge in [-0.15, -0.1) is 0 Å². The van der Waals surface area contributed by atoms with E-state index >= 15 is 4.39 Å². The topological polar surface area (TPSA) is 108 Å². The fraction of sp³-hybridized carbons (Fsp3) is 0.414. The number of rotatable bonds is 6. The summed E-state index contributed by atoms with van der Waals surface area (Å²) in [6, 6.07) is 6.72. The summed E-state index contributed by atoms with van der Waals surface area (Å²) in [5.74, 6) is 0.962. The van der Waals surface area contributed by atoms with Gasteiger partial charge >= 0.3 is 0 Å². The molecule has 9 nitrogen and oxygen atoms in total. The van der Waals surface area contributed by atoms with Crippen LogP contribution in [0, 0.1) is 11.6 Å². The second kappa shape index (κ2) is 10.5. The lowest BCUT2D eigenvalue weighted by atomic mass is 9.95. The molecule has 40 heavy (non-hydrogen) atoms. The number of nitrogens with zero attached hydrogens (tertiary/aromatic N) is 6. The van der Waals surface area contributed by atoms with E-state index < -0.39 is 17.7 Å². The number of piperidine rings is 1. The molecule has 11 heteroatoms. The number of carbonyl (C=O) groups excluding carboxylic acids is 1. The molecule has 0 unspecified atom stereocenters. The van der Waals surface area contributed by atoms with Crippen LogP contribution in [0.15, 0.2) is 41.2 Å². The minimum atomic E-state index is -0.623. The minimum absolute atomic E-state index is 0.103. The second-order valence-corrected chi connectivity index (χ2v) is 10.8. The molecule has 1 atom stereocenters. The molecule has 2 fully saturated rings. The van der Waals surface area contributed by atoms with Gasteiger partial charge in [0.15, 0.2) is 5.82 Å². The molecule has 1 N–H and O–H groups in total. The summed E-state index contributed by atoms with van der Waals surface area (Å²) >= 11 is 0. The molecule has 0 radical (unpaired) electrons. The summed E-state index contributed by atoms with van der Waals surface area (Å²) in [5, 5.41) is 14.3. The minimum Gasteiger partial charge on any atom is -0.394 e. The number of aromatic nitrogens is 4. The molecule has 2 saturated heterocycles. The van der Waals surface area contributed by atoms with Crippen molar-refractivity contribution in [3.05, 3.63) is 60.0 Å². The first kappa shape index (κ1) is 26.2. The van der Waals surface area contributed by atoms with Crippen molar-refractivity contribution < 1.29 is 23.2 Å². The SMILES string of the molecule is CC(C)c1nc(C2CCN(c3ncnc4c(-c5ccc(N6C(=O)CC[C@H]6CO)c(F)c5)cc(F)cc34)CC2)no1. The predicted molar refractivity (Wildman–Crippen MR) is 145 cm³/mol. The van der Waals surface area contributed by atoms with Crippen molar-refractivity contribution in [3.8, 4) is 11.1 Å². The molecular weight excluding hydrogens is 518 g/mol. The molecule has 208 valence electrons. The van der Waals surface area contributed by atoms with E-state index in [0.29, 0.717) is 53.2 Å². The average molecular weight is 549 g/mol. The third kappa shape index (κ3) is 4.68. The Labute approximate surface area is 229 Å². The highest BCUT2D eigenvalue weighted by Gasteiger charge is 2.33. The highest BCUT2D eigenvalue weighted by Crippen LogP contribution is 2.37. The molecule has 6 rings (SSSR count). The van der Waals surface area contributed by atoms with Crippen LogP contribution in [0.2, 0.25) is 0 Å². The zero-order valence-corrected chi connectivity index (χ0v) is 22.3. The van der Waals surface area contributed by atoms with Crippen LogP contribution >= 0.6 is 0 Å². The third-order valence-electron chi connectivity index (χ3n) is 7.85. The van der Waals surface area contributed by atoms with Gasteiger partial charge < -0.3 is 19.4 Å². The number of fused-ring (bicyclic) bond motifs is 1. The van der Waals surface area contributed by atoms with Crippen molar-refractivity contribution in [2.75, 3.05) is 29.5 Å². The Morgan fingerprint density at radius 2 is 1.90 bits per heavy atom. The van der Waals surface area contributed by atoms with Gasteiger partial charge in [-0.25, -0.2) is 18.7 Å². The summed E-state index contributed by atoms with van der Waals surface area (Å²) < 4.78 is 35.7. The van der Waals surface area contributed by atoms with Crippen molar-refractivity contribution in [1.82, 2.24) is 20.1 Å². The number of halogens is 2. The smallest absolute Gasteiger partial charge is 0.229 e. The molecule has 2 aromatic carbocycles. The number of hydrogen-bond acceptors (Lipinski definition) is 8. The van der Waals surface area contributed by atoms with Gasteiger partial charge in [0, 0.05) is 42.3 Å². The van der Waals surface area contributed by atoms with E-state index in [1.54, 1.807) is 6.07 Å². The number of anilines is 2. The average Bonchev–Trinajstić information content (AvgIpc) is 3.60. The van der Waals surface area contributed by atoms with Crippen LogP contribution in [0.5, 0.6) is 0 Å². The number of aliphatic hydroxyl groups is 1. The maximum Gasteiger partial charge on any atom is 0.229 e.